The van der Waals surface area contributed by atoms with E-state index in [9.17, 15) is 0 Å². The van der Waals surface area contributed by atoms with Gasteiger partial charge in [-0.25, -0.2) is 0 Å². The van der Waals surface area contributed by atoms with Gasteiger partial charge in [0, 0.05) is 40.8 Å². The second kappa shape index (κ2) is 33.2. The molecule has 3 aromatic heterocycles. The van der Waals surface area contributed by atoms with Crippen LogP contribution in [0, 0.1) is 0 Å². The molecule has 0 aliphatic heterocycles. The molecule has 0 aliphatic rings. The highest BCUT2D eigenvalue weighted by molar-refractivity contribution is 6.31. The van der Waals surface area contributed by atoms with Crippen LogP contribution in [0.15, 0.2) is 419 Å². The van der Waals surface area contributed by atoms with Crippen LogP contribution in [0.2, 0.25) is 0 Å². The highest BCUT2D eigenvalue weighted by Crippen LogP contribution is 2.51. The molecule has 24 rings (SSSR count). The van der Waals surface area contributed by atoms with Gasteiger partial charge in [0.15, 0.2) is 0 Å². The van der Waals surface area contributed by atoms with Crippen LogP contribution in [0.5, 0.6) is 0 Å². The van der Waals surface area contributed by atoms with E-state index in [4.69, 9.17) is 9.97 Å². The van der Waals surface area contributed by atoms with E-state index in [1.807, 2.05) is 48.9 Å². The van der Waals surface area contributed by atoms with Gasteiger partial charge in [-0.3, -0.25) is 19.9 Å². The van der Waals surface area contributed by atoms with Crippen molar-refractivity contribution in [3.05, 3.63) is 436 Å². The first-order valence-electron chi connectivity index (χ1n) is 45.7. The first-order chi connectivity index (χ1) is 64.3. The van der Waals surface area contributed by atoms with E-state index in [1.54, 1.807) is 18.6 Å². The van der Waals surface area contributed by atoms with Gasteiger partial charge in [-0.1, -0.05) is 414 Å². The van der Waals surface area contributed by atoms with Crippen LogP contribution in [0.1, 0.15) is 79.0 Å². The number of benzene rings is 21. The predicted molar refractivity (Wildman–Crippen MR) is 559 cm³/mol. The summed E-state index contributed by atoms with van der Waals surface area (Å²) in [6.45, 7) is 20.6. The molecule has 0 saturated carbocycles. The maximum Gasteiger partial charge on any atom is 0.0929 e. The molecule has 0 fully saturated rings. The normalized spacial score (nSPS) is 12.0. The van der Waals surface area contributed by atoms with Gasteiger partial charge in [0.1, 0.15) is 0 Å². The molecule has 0 aliphatic carbocycles. The first-order valence-corrected chi connectivity index (χ1v) is 45.7. The summed E-state index contributed by atoms with van der Waals surface area (Å²) < 4.78 is 0. The van der Waals surface area contributed by atoms with Crippen LogP contribution in [0.25, 0.3) is 231 Å². The molecule has 0 radical (unpaired) electrons. The summed E-state index contributed by atoms with van der Waals surface area (Å²) in [6, 6.07) is 140. The molecule has 0 spiro atoms. The fourth-order valence-corrected chi connectivity index (χ4v) is 19.6. The SMILES string of the molecule is CC(C)(C)c1cc2ccc3c(-c4ccc(-c5ccccc5)cc4)cc(-c4ccc(-c5cccnn5)cc4)c4ccc(c1)c2c34.CC(C)(C)c1cc2ccc3c(-c4ccc(-c5ccccc5)cc4)cc(-c4ccc(-c5cnccn5)cc4)c4ccc(c1)c2c34.CC(C)(C)c1cc2ccc3c(-c4ccccc4)cc(-c4ccc(-c5cnc(-c6ccccc6)cn5)cc4)c4ccc(c1)c2c34. The lowest BCUT2D eigenvalue weighted by Gasteiger charge is -2.23. The Morgan fingerprint density at radius 3 is 0.682 bits per heavy atom. The van der Waals surface area contributed by atoms with E-state index in [-0.39, 0.29) is 16.2 Å². The Morgan fingerprint density at radius 1 is 0.174 bits per heavy atom. The molecule has 132 heavy (non-hydrogen) atoms. The fourth-order valence-electron chi connectivity index (χ4n) is 19.6. The second-order valence-corrected chi connectivity index (χ2v) is 38.2. The average molecular weight is 1690 g/mol. The third kappa shape index (κ3) is 15.3. The zero-order valence-corrected chi connectivity index (χ0v) is 75.5. The van der Waals surface area contributed by atoms with Crippen molar-refractivity contribution < 1.29 is 0 Å². The smallest absolute Gasteiger partial charge is 0.0929 e. The molecule has 0 unspecified atom stereocenters. The van der Waals surface area contributed by atoms with Gasteiger partial charge in [0.2, 0.25) is 0 Å². The molecule has 0 bridgehead atoms. The maximum atomic E-state index is 4.75. The minimum Gasteiger partial charge on any atom is -0.261 e. The van der Waals surface area contributed by atoms with Gasteiger partial charge in [0.05, 0.1) is 41.4 Å². The summed E-state index contributed by atoms with van der Waals surface area (Å²) in [6.07, 6.45) is 10.7. The molecule has 3 heterocycles. The Balaban J connectivity index is 0.000000116. The van der Waals surface area contributed by atoms with E-state index in [0.717, 1.165) is 45.0 Å². The lowest BCUT2D eigenvalue weighted by molar-refractivity contribution is 0.591. The Kier molecular flexibility index (Phi) is 20.6. The second-order valence-electron chi connectivity index (χ2n) is 38.2. The average Bonchev–Trinajstić information content (AvgIpc) is 0.724. The number of hydrogen-bond donors (Lipinski definition) is 0. The molecule has 0 saturated heterocycles. The summed E-state index contributed by atoms with van der Waals surface area (Å²) in [4.78, 5) is 18.2. The standard InChI is InChI=1S/3C42H32N2/c1-42(2,3)33-22-31-18-20-34-36(27-10-6-4-7-11-27)24-37(35-21-19-32(23-33)40(31)41(34)35)28-14-16-30(17-15-28)39-26-43-38(25-44-39)29-12-8-5-9-13-29;1-42(2,3)34-24-32-19-21-35-37(29-13-11-28(12-14-29)27-8-5-4-6-9-27)26-38(36-22-20-33(25-34)40(32)41(35)36)30-15-17-31(18-16-30)39-10-7-23-43-44-39;1-42(2,3)34-23-32-17-19-35-37(29-11-9-28(10-12-29)27-7-5-4-6-8-27)25-38(36-20-18-33(24-34)40(32)41(35)36)30-13-15-31(16-14-30)39-26-43-21-22-44-39/h3*4-26H,1-3H3. The van der Waals surface area contributed by atoms with Gasteiger partial charge in [-0.05, 0) is 249 Å². The van der Waals surface area contributed by atoms with Crippen molar-refractivity contribution in [1.29, 1.82) is 0 Å². The van der Waals surface area contributed by atoms with Crippen LogP contribution in [-0.4, -0.2) is 30.1 Å². The topological polar surface area (TPSA) is 77.3 Å². The van der Waals surface area contributed by atoms with E-state index < -0.39 is 0 Å². The van der Waals surface area contributed by atoms with Crippen molar-refractivity contribution in [3.63, 3.8) is 0 Å². The molecular formula is C126H96N6. The van der Waals surface area contributed by atoms with Crippen molar-refractivity contribution in [2.75, 3.05) is 0 Å². The first kappa shape index (κ1) is 81.7. The summed E-state index contributed by atoms with van der Waals surface area (Å²) >= 11 is 0. The molecule has 630 valence electrons. The van der Waals surface area contributed by atoms with Crippen LogP contribution >= 0.6 is 0 Å². The van der Waals surface area contributed by atoms with Gasteiger partial charge in [-0.15, -0.1) is 0 Å². The molecule has 6 heteroatoms. The largest absolute Gasteiger partial charge is 0.261 e. The highest BCUT2D eigenvalue weighted by atomic mass is 15.1. The van der Waals surface area contributed by atoms with Gasteiger partial charge in [0.25, 0.3) is 0 Å². The molecular weight excluding hydrogens is 1600 g/mol. The third-order valence-corrected chi connectivity index (χ3v) is 26.8. The summed E-state index contributed by atoms with van der Waals surface area (Å²) in [7, 11) is 0. The Morgan fingerprint density at radius 2 is 0.417 bits per heavy atom. The monoisotopic (exact) mass is 1690 g/mol. The molecule has 0 N–H and O–H groups in total. The van der Waals surface area contributed by atoms with Crippen molar-refractivity contribution in [2.45, 2.75) is 78.6 Å². The Bertz CT molecular complexity index is 7710. The van der Waals surface area contributed by atoms with Crippen molar-refractivity contribution in [2.24, 2.45) is 0 Å². The lowest BCUT2D eigenvalue weighted by Crippen LogP contribution is -2.10. The Labute approximate surface area is 770 Å². The van der Waals surface area contributed by atoms with Gasteiger partial charge >= 0.3 is 0 Å². The van der Waals surface area contributed by atoms with Crippen LogP contribution in [-0.2, 0) is 16.2 Å². The quantitative estimate of drug-likeness (QED) is 0.113. The van der Waals surface area contributed by atoms with E-state index in [1.165, 1.54) is 203 Å². The Hall–Kier alpha value is -16.0. The maximum absolute atomic E-state index is 4.75. The third-order valence-electron chi connectivity index (χ3n) is 26.8. The summed E-state index contributed by atoms with van der Waals surface area (Å²) in [5.74, 6) is 0. The molecule has 24 aromatic rings. The number of hydrogen-bond acceptors (Lipinski definition) is 6. The number of nitrogens with zero attached hydrogens (tertiary/aromatic N) is 6. The lowest BCUT2D eigenvalue weighted by atomic mass is 9.81. The fraction of sp³-hybridized carbons (Fsp3) is 0.0952. The van der Waals surface area contributed by atoms with Gasteiger partial charge < -0.3 is 0 Å². The molecule has 0 amide bonds. The zero-order chi connectivity index (χ0) is 89.5. The van der Waals surface area contributed by atoms with E-state index in [0.29, 0.717) is 0 Å². The predicted octanol–water partition coefficient (Wildman–Crippen LogP) is 34.0. The van der Waals surface area contributed by atoms with Crippen molar-refractivity contribution >= 4 is 97.0 Å². The number of rotatable bonds is 12. The minimum absolute atomic E-state index is 0.0755. The molecule has 0 atom stereocenters. The molecule has 21 aromatic carbocycles. The van der Waals surface area contributed by atoms with E-state index in [2.05, 4.69) is 434 Å². The van der Waals surface area contributed by atoms with Crippen LogP contribution < -0.4 is 0 Å². The zero-order valence-electron chi connectivity index (χ0n) is 75.5. The van der Waals surface area contributed by atoms with Gasteiger partial charge in [-0.2, -0.15) is 10.2 Å². The van der Waals surface area contributed by atoms with Crippen molar-refractivity contribution in [3.8, 4) is 134 Å². The van der Waals surface area contributed by atoms with Crippen molar-refractivity contribution in [1.82, 2.24) is 30.1 Å². The summed E-state index contributed by atoms with van der Waals surface area (Å²) in [5, 5.41) is 31.9. The summed E-state index contributed by atoms with van der Waals surface area (Å²) in [5.41, 5.74) is 31.7. The number of aromatic nitrogens is 6. The van der Waals surface area contributed by atoms with E-state index >= 15 is 0 Å². The molecule has 6 nitrogen and oxygen atoms in total. The van der Waals surface area contributed by atoms with Crippen LogP contribution in [0.3, 0.4) is 0 Å². The highest BCUT2D eigenvalue weighted by Gasteiger charge is 2.26. The van der Waals surface area contributed by atoms with Crippen LogP contribution in [0.4, 0.5) is 0 Å². The minimum atomic E-state index is 0.0755.